The van der Waals surface area contributed by atoms with Crippen LogP contribution in [0.5, 0.6) is 11.5 Å². The monoisotopic (exact) mass is 358 g/mol. The molecule has 0 fully saturated rings. The minimum atomic E-state index is 0.461. The zero-order valence-electron chi connectivity index (χ0n) is 14.8. The molecule has 0 bridgehead atoms. The molecule has 0 N–H and O–H groups in total. The first-order valence-corrected chi connectivity index (χ1v) is 8.55. The largest absolute Gasteiger partial charge is 0.455 e. The van der Waals surface area contributed by atoms with Gasteiger partial charge in [-0.3, -0.25) is 4.98 Å². The third-order valence-electron chi connectivity index (χ3n) is 4.01. The van der Waals surface area contributed by atoms with Gasteiger partial charge in [0.1, 0.15) is 5.75 Å². The Kier molecular flexibility index (Phi) is 4.78. The van der Waals surface area contributed by atoms with Crippen LogP contribution in [0.25, 0.3) is 11.4 Å². The van der Waals surface area contributed by atoms with Crippen molar-refractivity contribution in [2.75, 3.05) is 11.9 Å². The zero-order valence-corrected chi connectivity index (χ0v) is 14.8. The van der Waals surface area contributed by atoms with Crippen LogP contribution in [0.4, 0.5) is 5.69 Å². The highest BCUT2D eigenvalue weighted by atomic mass is 16.5. The highest BCUT2D eigenvalue weighted by Crippen LogP contribution is 2.32. The molecule has 0 aliphatic carbocycles. The van der Waals surface area contributed by atoms with E-state index in [2.05, 4.69) is 15.1 Å². The van der Waals surface area contributed by atoms with E-state index in [9.17, 15) is 0 Å². The van der Waals surface area contributed by atoms with Crippen LogP contribution >= 0.6 is 0 Å². The predicted molar refractivity (Wildman–Crippen MR) is 103 cm³/mol. The average molecular weight is 358 g/mol. The van der Waals surface area contributed by atoms with Gasteiger partial charge in [-0.25, -0.2) is 0 Å². The van der Waals surface area contributed by atoms with E-state index in [0.29, 0.717) is 18.3 Å². The van der Waals surface area contributed by atoms with E-state index in [4.69, 9.17) is 9.26 Å². The number of hydrogen-bond donors (Lipinski definition) is 0. The fraction of sp³-hybridized carbons (Fsp3) is 0.0952. The van der Waals surface area contributed by atoms with Gasteiger partial charge in [-0.1, -0.05) is 35.5 Å². The van der Waals surface area contributed by atoms with E-state index in [1.54, 1.807) is 12.4 Å². The van der Waals surface area contributed by atoms with Crippen LogP contribution in [0, 0.1) is 0 Å². The summed E-state index contributed by atoms with van der Waals surface area (Å²) in [5.74, 6) is 2.60. The van der Waals surface area contributed by atoms with Gasteiger partial charge < -0.3 is 14.2 Å². The van der Waals surface area contributed by atoms with Crippen molar-refractivity contribution in [3.05, 3.63) is 85.0 Å². The molecule has 4 aromatic rings. The maximum absolute atomic E-state index is 6.03. The van der Waals surface area contributed by atoms with Gasteiger partial charge in [0, 0.05) is 25.0 Å². The molecule has 0 aliphatic heterocycles. The minimum Gasteiger partial charge on any atom is -0.455 e. The summed E-state index contributed by atoms with van der Waals surface area (Å²) in [5, 5.41) is 4.04. The summed E-state index contributed by atoms with van der Waals surface area (Å²) in [6, 6.07) is 21.3. The number of ether oxygens (including phenoxy) is 1. The first kappa shape index (κ1) is 16.8. The van der Waals surface area contributed by atoms with E-state index in [1.807, 2.05) is 78.7 Å². The van der Waals surface area contributed by atoms with E-state index >= 15 is 0 Å². The number of nitrogens with zero attached hydrogens (tertiary/aromatic N) is 4. The molecule has 0 atom stereocenters. The molecule has 6 heteroatoms. The van der Waals surface area contributed by atoms with Gasteiger partial charge in [-0.05, 0) is 36.4 Å². The van der Waals surface area contributed by atoms with Crippen molar-refractivity contribution < 1.29 is 9.26 Å². The molecular formula is C21H18N4O2. The van der Waals surface area contributed by atoms with Gasteiger partial charge >= 0.3 is 0 Å². The highest BCUT2D eigenvalue weighted by molar-refractivity contribution is 5.59. The van der Waals surface area contributed by atoms with Crippen LogP contribution < -0.4 is 9.64 Å². The molecule has 2 aromatic carbocycles. The van der Waals surface area contributed by atoms with Gasteiger partial charge in [0.05, 0.1) is 12.2 Å². The summed E-state index contributed by atoms with van der Waals surface area (Å²) < 4.78 is 11.4. The van der Waals surface area contributed by atoms with E-state index in [-0.39, 0.29) is 0 Å². The Hall–Kier alpha value is -3.67. The summed E-state index contributed by atoms with van der Waals surface area (Å²) in [6.45, 7) is 0.461. The van der Waals surface area contributed by atoms with Crippen LogP contribution in [-0.4, -0.2) is 22.2 Å². The number of para-hydroxylation sites is 3. The zero-order chi connectivity index (χ0) is 18.5. The van der Waals surface area contributed by atoms with Crippen molar-refractivity contribution in [3.63, 3.8) is 0 Å². The smallest absolute Gasteiger partial charge is 0.246 e. The summed E-state index contributed by atoms with van der Waals surface area (Å²) in [7, 11) is 1.96. The molecule has 4 rings (SSSR count). The van der Waals surface area contributed by atoms with Crippen LogP contribution in [-0.2, 0) is 6.54 Å². The maximum atomic E-state index is 6.03. The molecule has 0 saturated carbocycles. The lowest BCUT2D eigenvalue weighted by molar-refractivity contribution is 0.378. The summed E-state index contributed by atoms with van der Waals surface area (Å²) in [6.07, 6.45) is 3.42. The quantitative estimate of drug-likeness (QED) is 0.503. The topological polar surface area (TPSA) is 64.3 Å². The molecule has 0 radical (unpaired) electrons. The molecule has 0 spiro atoms. The average Bonchev–Trinajstić information content (AvgIpc) is 3.18. The molecule has 134 valence electrons. The molecule has 0 saturated heterocycles. The molecule has 0 unspecified atom stereocenters. The number of benzene rings is 2. The standard InChI is InChI=1S/C21H18N4O2/c1-25(15-20-23-21(24-27-20)16-8-7-13-22-14-16)18-11-5-6-12-19(18)26-17-9-3-2-4-10-17/h2-14H,15H2,1H3. The SMILES string of the molecule is CN(Cc1nc(-c2cccnc2)no1)c1ccccc1Oc1ccccc1. The van der Waals surface area contributed by atoms with E-state index < -0.39 is 0 Å². The normalized spacial score (nSPS) is 10.6. The van der Waals surface area contributed by atoms with Crippen LogP contribution in [0.1, 0.15) is 5.89 Å². The summed E-state index contributed by atoms with van der Waals surface area (Å²) in [4.78, 5) is 10.6. The fourth-order valence-corrected chi connectivity index (χ4v) is 2.69. The van der Waals surface area contributed by atoms with E-state index in [0.717, 1.165) is 22.7 Å². The van der Waals surface area contributed by atoms with Gasteiger partial charge in [0.25, 0.3) is 0 Å². The second kappa shape index (κ2) is 7.70. The number of rotatable bonds is 6. The first-order valence-electron chi connectivity index (χ1n) is 8.55. The van der Waals surface area contributed by atoms with Gasteiger partial charge in [-0.15, -0.1) is 0 Å². The molecule has 27 heavy (non-hydrogen) atoms. The lowest BCUT2D eigenvalue weighted by Crippen LogP contribution is -2.17. The molecule has 2 heterocycles. The molecular weight excluding hydrogens is 340 g/mol. The molecule has 0 amide bonds. The van der Waals surface area contributed by atoms with Gasteiger partial charge in [-0.2, -0.15) is 4.98 Å². The predicted octanol–water partition coefficient (Wildman–Crippen LogP) is 4.56. The van der Waals surface area contributed by atoms with Crippen molar-refractivity contribution >= 4 is 5.69 Å². The first-order chi connectivity index (χ1) is 13.3. The minimum absolute atomic E-state index is 0.461. The van der Waals surface area contributed by atoms with Crippen LogP contribution in [0.15, 0.2) is 83.6 Å². The third kappa shape index (κ3) is 3.95. The highest BCUT2D eigenvalue weighted by Gasteiger charge is 2.14. The lowest BCUT2D eigenvalue weighted by atomic mass is 10.2. The Labute approximate surface area is 157 Å². The van der Waals surface area contributed by atoms with Gasteiger partial charge in [0.15, 0.2) is 5.75 Å². The van der Waals surface area contributed by atoms with Gasteiger partial charge in [0.2, 0.25) is 11.7 Å². The Morgan fingerprint density at radius 2 is 1.78 bits per heavy atom. The molecule has 6 nitrogen and oxygen atoms in total. The Morgan fingerprint density at radius 3 is 2.59 bits per heavy atom. The third-order valence-corrected chi connectivity index (χ3v) is 4.01. The molecule has 0 aliphatic rings. The van der Waals surface area contributed by atoms with Crippen LogP contribution in [0.3, 0.4) is 0 Å². The number of aromatic nitrogens is 3. The fourth-order valence-electron chi connectivity index (χ4n) is 2.69. The Balaban J connectivity index is 1.52. The number of anilines is 1. The number of hydrogen-bond acceptors (Lipinski definition) is 6. The van der Waals surface area contributed by atoms with Crippen molar-refractivity contribution in [2.24, 2.45) is 0 Å². The molecule has 2 aromatic heterocycles. The maximum Gasteiger partial charge on any atom is 0.246 e. The van der Waals surface area contributed by atoms with Crippen molar-refractivity contribution in [1.82, 2.24) is 15.1 Å². The summed E-state index contributed by atoms with van der Waals surface area (Å²) >= 11 is 0. The van der Waals surface area contributed by atoms with E-state index in [1.165, 1.54) is 0 Å². The summed E-state index contributed by atoms with van der Waals surface area (Å²) in [5.41, 5.74) is 1.76. The number of pyridine rings is 1. The van der Waals surface area contributed by atoms with Crippen LogP contribution in [0.2, 0.25) is 0 Å². The van der Waals surface area contributed by atoms with Crippen molar-refractivity contribution in [3.8, 4) is 22.9 Å². The lowest BCUT2D eigenvalue weighted by Gasteiger charge is -2.20. The Morgan fingerprint density at radius 1 is 0.963 bits per heavy atom. The second-order valence-corrected chi connectivity index (χ2v) is 5.99. The van der Waals surface area contributed by atoms with Crippen molar-refractivity contribution in [2.45, 2.75) is 6.54 Å². The van der Waals surface area contributed by atoms with Crippen molar-refractivity contribution in [1.29, 1.82) is 0 Å². The second-order valence-electron chi connectivity index (χ2n) is 5.99. The Bertz CT molecular complexity index is 1000.